The molecule has 1 heteroatoms. The van der Waals surface area contributed by atoms with Gasteiger partial charge in [0.2, 0.25) is 0 Å². The SMILES string of the molecule is CC(C)(C)C=C=CCN(CC=C=CC(C)(C)C)Cc1ccccc1. The van der Waals surface area contributed by atoms with Crippen LogP contribution < -0.4 is 0 Å². The van der Waals surface area contributed by atoms with E-state index in [1.165, 1.54) is 5.56 Å². The number of nitrogens with zero attached hydrogens (tertiary/aromatic N) is 1. The minimum Gasteiger partial charge on any atom is -0.291 e. The lowest BCUT2D eigenvalue weighted by atomic mass is 9.97. The highest BCUT2D eigenvalue weighted by Crippen LogP contribution is 2.14. The largest absolute Gasteiger partial charge is 0.291 e. The second-order valence-electron chi connectivity index (χ2n) is 8.44. The lowest BCUT2D eigenvalue weighted by Crippen LogP contribution is -2.23. The highest BCUT2D eigenvalue weighted by Gasteiger charge is 2.05. The summed E-state index contributed by atoms with van der Waals surface area (Å²) in [6.45, 7) is 15.8. The van der Waals surface area contributed by atoms with Crippen LogP contribution in [0.1, 0.15) is 47.1 Å². The molecule has 0 amide bonds. The molecule has 1 nitrogen and oxygen atoms in total. The molecule has 0 bridgehead atoms. The summed E-state index contributed by atoms with van der Waals surface area (Å²) in [5, 5.41) is 0. The van der Waals surface area contributed by atoms with Crippen molar-refractivity contribution in [2.75, 3.05) is 13.1 Å². The molecule has 1 aromatic rings. The fourth-order valence-corrected chi connectivity index (χ4v) is 2.03. The van der Waals surface area contributed by atoms with Crippen LogP contribution in [-0.4, -0.2) is 18.0 Å². The lowest BCUT2D eigenvalue weighted by Gasteiger charge is -2.18. The van der Waals surface area contributed by atoms with Gasteiger partial charge in [-0.05, 0) is 40.7 Å². The van der Waals surface area contributed by atoms with Gasteiger partial charge in [-0.15, -0.1) is 11.5 Å². The summed E-state index contributed by atoms with van der Waals surface area (Å²) in [4.78, 5) is 2.39. The third kappa shape index (κ3) is 10.9. The van der Waals surface area contributed by atoms with Gasteiger partial charge < -0.3 is 0 Å². The number of rotatable bonds is 6. The minimum atomic E-state index is 0.177. The molecule has 130 valence electrons. The zero-order valence-corrected chi connectivity index (χ0v) is 16.3. The van der Waals surface area contributed by atoms with Crippen LogP contribution in [0.4, 0.5) is 0 Å². The summed E-state index contributed by atoms with van der Waals surface area (Å²) in [6.07, 6.45) is 8.50. The lowest BCUT2D eigenvalue weighted by molar-refractivity contribution is 0.327. The van der Waals surface area contributed by atoms with Gasteiger partial charge >= 0.3 is 0 Å². The Balaban J connectivity index is 2.76. The first-order valence-electron chi connectivity index (χ1n) is 8.76. The first kappa shape index (κ1) is 20.3. The van der Waals surface area contributed by atoms with Gasteiger partial charge in [0.05, 0.1) is 0 Å². The molecule has 0 N–H and O–H groups in total. The predicted octanol–water partition coefficient (Wildman–Crippen LogP) is 6.00. The van der Waals surface area contributed by atoms with E-state index in [4.69, 9.17) is 0 Å². The number of benzene rings is 1. The van der Waals surface area contributed by atoms with Crippen molar-refractivity contribution in [2.24, 2.45) is 10.8 Å². The third-order valence-electron chi connectivity index (χ3n) is 3.22. The van der Waals surface area contributed by atoms with Gasteiger partial charge in [0, 0.05) is 19.6 Å². The van der Waals surface area contributed by atoms with E-state index < -0.39 is 0 Å². The molecule has 0 saturated heterocycles. The van der Waals surface area contributed by atoms with Crippen LogP contribution in [0.25, 0.3) is 0 Å². The van der Waals surface area contributed by atoms with Crippen LogP contribution in [0.3, 0.4) is 0 Å². The molecule has 24 heavy (non-hydrogen) atoms. The third-order valence-corrected chi connectivity index (χ3v) is 3.22. The molecule has 0 aliphatic carbocycles. The summed E-state index contributed by atoms with van der Waals surface area (Å²) in [5.41, 5.74) is 8.33. The molecule has 0 aromatic heterocycles. The molecule has 0 aliphatic heterocycles. The minimum absolute atomic E-state index is 0.177. The second-order valence-corrected chi connectivity index (χ2v) is 8.44. The Bertz CT molecular complexity index is 560. The Morgan fingerprint density at radius 3 is 1.67 bits per heavy atom. The molecule has 0 fully saturated rings. The molecule has 0 heterocycles. The molecule has 0 spiro atoms. The van der Waals surface area contributed by atoms with Crippen molar-refractivity contribution in [3.05, 3.63) is 71.7 Å². The fraction of sp³-hybridized carbons (Fsp3) is 0.478. The molecule has 0 radical (unpaired) electrons. The van der Waals surface area contributed by atoms with E-state index >= 15 is 0 Å². The van der Waals surface area contributed by atoms with Crippen LogP contribution in [0, 0.1) is 10.8 Å². The first-order valence-corrected chi connectivity index (χ1v) is 8.76. The average molecular weight is 324 g/mol. The van der Waals surface area contributed by atoms with E-state index in [1.807, 2.05) is 0 Å². The number of hydrogen-bond acceptors (Lipinski definition) is 1. The Morgan fingerprint density at radius 1 is 0.792 bits per heavy atom. The van der Waals surface area contributed by atoms with Gasteiger partial charge in [-0.1, -0.05) is 71.9 Å². The molecule has 1 aromatic carbocycles. The van der Waals surface area contributed by atoms with Gasteiger partial charge in [-0.3, -0.25) is 4.90 Å². The summed E-state index contributed by atoms with van der Waals surface area (Å²) < 4.78 is 0. The normalized spacial score (nSPS) is 11.5. The smallest absolute Gasteiger partial charge is 0.0245 e. The molecular weight excluding hydrogens is 290 g/mol. The van der Waals surface area contributed by atoms with E-state index in [0.29, 0.717) is 0 Å². The second kappa shape index (κ2) is 9.50. The zero-order chi connectivity index (χ0) is 18.1. The van der Waals surface area contributed by atoms with Crippen molar-refractivity contribution in [2.45, 2.75) is 48.1 Å². The highest BCUT2D eigenvalue weighted by atomic mass is 15.1. The Kier molecular flexibility index (Phi) is 8.02. The maximum absolute atomic E-state index is 3.32. The van der Waals surface area contributed by atoms with Crippen LogP contribution in [0.5, 0.6) is 0 Å². The monoisotopic (exact) mass is 323 g/mol. The summed E-state index contributed by atoms with van der Waals surface area (Å²) >= 11 is 0. The molecule has 0 saturated carbocycles. The van der Waals surface area contributed by atoms with Crippen LogP contribution in [-0.2, 0) is 6.54 Å². The van der Waals surface area contributed by atoms with Crippen LogP contribution in [0.15, 0.2) is 66.1 Å². The zero-order valence-electron chi connectivity index (χ0n) is 16.3. The van der Waals surface area contributed by atoms with Gasteiger partial charge in [0.25, 0.3) is 0 Å². The summed E-state index contributed by atoms with van der Waals surface area (Å²) in [6, 6.07) is 10.6. The summed E-state index contributed by atoms with van der Waals surface area (Å²) in [5.74, 6) is 0. The van der Waals surface area contributed by atoms with Crippen LogP contribution in [0.2, 0.25) is 0 Å². The van der Waals surface area contributed by atoms with Crippen molar-refractivity contribution in [1.29, 1.82) is 0 Å². The average Bonchev–Trinajstić information content (AvgIpc) is 2.46. The maximum Gasteiger partial charge on any atom is 0.0245 e. The quantitative estimate of drug-likeness (QED) is 0.580. The van der Waals surface area contributed by atoms with E-state index in [9.17, 15) is 0 Å². The molecule has 1 rings (SSSR count). The van der Waals surface area contributed by atoms with E-state index in [-0.39, 0.29) is 10.8 Å². The Hall–Kier alpha value is -1.78. The van der Waals surface area contributed by atoms with Crippen molar-refractivity contribution < 1.29 is 0 Å². The van der Waals surface area contributed by atoms with E-state index in [0.717, 1.165) is 19.6 Å². The maximum atomic E-state index is 3.32. The van der Waals surface area contributed by atoms with Crippen molar-refractivity contribution in [1.82, 2.24) is 4.90 Å². The van der Waals surface area contributed by atoms with E-state index in [2.05, 4.69) is 113 Å². The molecular formula is C23H33N. The molecule has 0 unspecified atom stereocenters. The van der Waals surface area contributed by atoms with Gasteiger partial charge in [-0.25, -0.2) is 0 Å². The van der Waals surface area contributed by atoms with Crippen molar-refractivity contribution in [3.8, 4) is 0 Å². The Morgan fingerprint density at radius 2 is 1.25 bits per heavy atom. The summed E-state index contributed by atoms with van der Waals surface area (Å²) in [7, 11) is 0. The van der Waals surface area contributed by atoms with E-state index in [1.54, 1.807) is 0 Å². The topological polar surface area (TPSA) is 3.24 Å². The van der Waals surface area contributed by atoms with Crippen molar-refractivity contribution in [3.63, 3.8) is 0 Å². The standard InChI is InChI=1S/C23H33N/c1-22(2,3)16-10-12-18-24(19-13-11-17-23(4,5)6)20-21-14-8-7-9-15-21/h7-9,12-17H,18-20H2,1-6H3. The first-order chi connectivity index (χ1) is 11.2. The van der Waals surface area contributed by atoms with Gasteiger partial charge in [-0.2, -0.15) is 0 Å². The fourth-order valence-electron chi connectivity index (χ4n) is 2.03. The van der Waals surface area contributed by atoms with Gasteiger partial charge in [0.15, 0.2) is 0 Å². The van der Waals surface area contributed by atoms with Gasteiger partial charge in [0.1, 0.15) is 0 Å². The van der Waals surface area contributed by atoms with Crippen molar-refractivity contribution >= 4 is 0 Å². The predicted molar refractivity (Wildman–Crippen MR) is 106 cm³/mol. The Labute approximate surface area is 149 Å². The number of hydrogen-bond donors (Lipinski definition) is 0. The molecule has 0 aliphatic rings. The highest BCUT2D eigenvalue weighted by molar-refractivity contribution is 5.14. The van der Waals surface area contributed by atoms with Crippen LogP contribution >= 0.6 is 0 Å². The molecule has 0 atom stereocenters.